The Balaban J connectivity index is 2.85. The first-order valence-electron chi connectivity index (χ1n) is 4.94. The van der Waals surface area contributed by atoms with E-state index in [0.717, 1.165) is 9.13 Å². The number of rotatable bonds is 5. The predicted octanol–water partition coefficient (Wildman–Crippen LogP) is 2.81. The second kappa shape index (κ2) is 6.10. The monoisotopic (exact) mass is 333 g/mol. The van der Waals surface area contributed by atoms with Crippen LogP contribution in [0, 0.1) is 3.57 Å². The molecule has 0 bridgehead atoms. The number of benzene rings is 1. The van der Waals surface area contributed by atoms with Gasteiger partial charge in [-0.1, -0.05) is 12.1 Å². The van der Waals surface area contributed by atoms with Crippen molar-refractivity contribution in [1.82, 2.24) is 0 Å². The van der Waals surface area contributed by atoms with Gasteiger partial charge in [-0.2, -0.15) is 0 Å². The molecule has 0 saturated heterocycles. The van der Waals surface area contributed by atoms with Crippen LogP contribution in [0.25, 0.3) is 0 Å². The average molecular weight is 333 g/mol. The summed E-state index contributed by atoms with van der Waals surface area (Å²) in [4.78, 5) is 0. The molecule has 4 heteroatoms. The van der Waals surface area contributed by atoms with E-state index >= 15 is 0 Å². The Morgan fingerprint density at radius 3 is 2.69 bits per heavy atom. The molecule has 1 aromatic carbocycles. The fourth-order valence-electron chi connectivity index (χ4n) is 1.58. The summed E-state index contributed by atoms with van der Waals surface area (Å²) < 4.78 is 11.9. The predicted molar refractivity (Wildman–Crippen MR) is 72.8 cm³/mol. The molecule has 0 aliphatic rings. The smallest absolute Gasteiger partial charge is 0.177 e. The number of ether oxygens (including phenoxy) is 2. The highest BCUT2D eigenvalue weighted by atomic mass is 127. The van der Waals surface area contributed by atoms with Gasteiger partial charge in [0.15, 0.2) is 5.88 Å². The Kier molecular flexibility index (Phi) is 5.08. The lowest BCUT2D eigenvalue weighted by Crippen LogP contribution is -2.22. The highest BCUT2D eigenvalue weighted by Crippen LogP contribution is 2.24. The summed E-state index contributed by atoms with van der Waals surface area (Å²) >= 11 is 2.27. The lowest BCUT2D eigenvalue weighted by molar-refractivity contribution is -0.0218. The maximum absolute atomic E-state index is 5.43. The van der Waals surface area contributed by atoms with E-state index in [2.05, 4.69) is 35.2 Å². The molecule has 0 radical (unpaired) electrons. The quantitative estimate of drug-likeness (QED) is 0.666. The molecule has 1 rings (SSSR count). The second-order valence-electron chi connectivity index (χ2n) is 3.50. The van der Waals surface area contributed by atoms with Crippen molar-refractivity contribution in [1.29, 1.82) is 0 Å². The van der Waals surface area contributed by atoms with Gasteiger partial charge in [-0.05, 0) is 53.8 Å². The Bertz CT molecular complexity index is 368. The molecule has 0 unspecified atom stereocenters. The van der Waals surface area contributed by atoms with Crippen LogP contribution in [-0.4, -0.2) is 13.2 Å². The van der Waals surface area contributed by atoms with Crippen molar-refractivity contribution in [2.24, 2.45) is 5.73 Å². The lowest BCUT2D eigenvalue weighted by atomic mass is 10.1. The third-order valence-electron chi connectivity index (χ3n) is 2.19. The molecule has 0 heterocycles. The maximum Gasteiger partial charge on any atom is 0.177 e. The first-order chi connectivity index (χ1) is 7.54. The Labute approximate surface area is 110 Å². The Morgan fingerprint density at radius 1 is 1.50 bits per heavy atom. The average Bonchev–Trinajstić information content (AvgIpc) is 2.17. The molecule has 0 aromatic heterocycles. The summed E-state index contributed by atoms with van der Waals surface area (Å²) in [6, 6.07) is 8.10. The number of nitrogens with two attached hydrogens (primary N) is 1. The second-order valence-corrected chi connectivity index (χ2v) is 4.75. The van der Waals surface area contributed by atoms with Gasteiger partial charge < -0.3 is 15.2 Å². The van der Waals surface area contributed by atoms with E-state index < -0.39 is 0 Å². The van der Waals surface area contributed by atoms with Gasteiger partial charge in [0.25, 0.3) is 0 Å². The molecule has 0 amide bonds. The van der Waals surface area contributed by atoms with E-state index in [1.165, 1.54) is 0 Å². The van der Waals surface area contributed by atoms with E-state index in [0.29, 0.717) is 0 Å². The summed E-state index contributed by atoms with van der Waals surface area (Å²) in [7, 11) is 1.66. The molecular formula is C12H16INO2. The number of methoxy groups -OCH3 is 1. The van der Waals surface area contributed by atoms with Gasteiger partial charge in [-0.3, -0.25) is 0 Å². The molecule has 3 nitrogen and oxygen atoms in total. The maximum atomic E-state index is 5.43. The fraction of sp³-hybridized carbons (Fsp3) is 0.333. The number of hydrogen-bond acceptors (Lipinski definition) is 3. The molecule has 0 fully saturated rings. The number of halogens is 1. The zero-order valence-electron chi connectivity index (χ0n) is 9.44. The van der Waals surface area contributed by atoms with Gasteiger partial charge in [0.05, 0.1) is 0 Å². The molecule has 88 valence electrons. The van der Waals surface area contributed by atoms with Crippen molar-refractivity contribution in [3.05, 3.63) is 45.9 Å². The van der Waals surface area contributed by atoms with Crippen LogP contribution in [0.2, 0.25) is 0 Å². The summed E-state index contributed by atoms with van der Waals surface area (Å²) in [6.07, 6.45) is -0.310. The SMILES string of the molecule is C=C(N)O[C@@H](C)[C@@H](OC)c1cccc(I)c1. The van der Waals surface area contributed by atoms with Crippen molar-refractivity contribution in [3.8, 4) is 0 Å². The van der Waals surface area contributed by atoms with E-state index in [1.54, 1.807) is 7.11 Å². The largest absolute Gasteiger partial charge is 0.474 e. The van der Waals surface area contributed by atoms with Crippen LogP contribution < -0.4 is 5.73 Å². The number of hydrogen-bond donors (Lipinski definition) is 1. The van der Waals surface area contributed by atoms with Crippen LogP contribution in [0.5, 0.6) is 0 Å². The van der Waals surface area contributed by atoms with Crippen molar-refractivity contribution < 1.29 is 9.47 Å². The normalized spacial score (nSPS) is 14.2. The molecular weight excluding hydrogens is 317 g/mol. The van der Waals surface area contributed by atoms with Gasteiger partial charge >= 0.3 is 0 Å². The zero-order valence-corrected chi connectivity index (χ0v) is 11.6. The minimum Gasteiger partial charge on any atom is -0.474 e. The molecule has 0 aliphatic carbocycles. The Morgan fingerprint density at radius 2 is 2.19 bits per heavy atom. The van der Waals surface area contributed by atoms with Crippen molar-refractivity contribution in [2.75, 3.05) is 7.11 Å². The van der Waals surface area contributed by atoms with Crippen LogP contribution in [0.3, 0.4) is 0 Å². The molecule has 16 heavy (non-hydrogen) atoms. The first-order valence-corrected chi connectivity index (χ1v) is 6.01. The van der Waals surface area contributed by atoms with Gasteiger partial charge in [0.2, 0.25) is 0 Å². The fourth-order valence-corrected chi connectivity index (χ4v) is 2.15. The minimum atomic E-state index is -0.166. The molecule has 0 spiro atoms. The summed E-state index contributed by atoms with van der Waals surface area (Å²) in [5.41, 5.74) is 6.49. The summed E-state index contributed by atoms with van der Waals surface area (Å²) in [5.74, 6) is 0.208. The highest BCUT2D eigenvalue weighted by Gasteiger charge is 2.20. The topological polar surface area (TPSA) is 44.5 Å². The lowest BCUT2D eigenvalue weighted by Gasteiger charge is -2.23. The third kappa shape index (κ3) is 3.68. The van der Waals surface area contributed by atoms with Crippen LogP contribution in [-0.2, 0) is 9.47 Å². The van der Waals surface area contributed by atoms with Gasteiger partial charge in [0.1, 0.15) is 12.2 Å². The van der Waals surface area contributed by atoms with E-state index in [9.17, 15) is 0 Å². The molecule has 0 saturated carbocycles. The van der Waals surface area contributed by atoms with Crippen molar-refractivity contribution in [3.63, 3.8) is 0 Å². The summed E-state index contributed by atoms with van der Waals surface area (Å²) in [6.45, 7) is 5.43. The van der Waals surface area contributed by atoms with Gasteiger partial charge in [0, 0.05) is 10.7 Å². The van der Waals surface area contributed by atoms with Crippen LogP contribution in [0.1, 0.15) is 18.6 Å². The van der Waals surface area contributed by atoms with E-state index in [1.807, 2.05) is 25.1 Å². The van der Waals surface area contributed by atoms with Crippen molar-refractivity contribution >= 4 is 22.6 Å². The van der Waals surface area contributed by atoms with Crippen molar-refractivity contribution in [2.45, 2.75) is 19.1 Å². The van der Waals surface area contributed by atoms with E-state index in [4.69, 9.17) is 15.2 Å². The van der Waals surface area contributed by atoms with Crippen LogP contribution in [0.15, 0.2) is 36.7 Å². The van der Waals surface area contributed by atoms with Crippen LogP contribution >= 0.6 is 22.6 Å². The van der Waals surface area contributed by atoms with E-state index in [-0.39, 0.29) is 18.1 Å². The summed E-state index contributed by atoms with van der Waals surface area (Å²) in [5, 5.41) is 0. The third-order valence-corrected chi connectivity index (χ3v) is 2.87. The van der Waals surface area contributed by atoms with Crippen LogP contribution in [0.4, 0.5) is 0 Å². The molecule has 2 atom stereocenters. The van der Waals surface area contributed by atoms with Gasteiger partial charge in [-0.25, -0.2) is 0 Å². The Hall–Kier alpha value is -0.750. The molecule has 1 aromatic rings. The molecule has 2 N–H and O–H groups in total. The zero-order chi connectivity index (χ0) is 12.1. The standard InChI is InChI=1S/C12H16INO2/c1-8(16-9(2)14)12(15-3)10-5-4-6-11(13)7-10/h4-8,12H,2,14H2,1,3H3/t8-,12+/m0/s1. The highest BCUT2D eigenvalue weighted by molar-refractivity contribution is 14.1. The van der Waals surface area contributed by atoms with Gasteiger partial charge in [-0.15, -0.1) is 0 Å². The first kappa shape index (κ1) is 13.3. The minimum absolute atomic E-state index is 0.144. The molecule has 0 aliphatic heterocycles.